The first-order valence-electron chi connectivity index (χ1n) is 6.18. The van der Waals surface area contributed by atoms with Gasteiger partial charge in [-0.05, 0) is 18.9 Å². The monoisotopic (exact) mass is 297 g/mol. The summed E-state index contributed by atoms with van der Waals surface area (Å²) in [6.45, 7) is 1.22. The van der Waals surface area contributed by atoms with Gasteiger partial charge in [0.15, 0.2) is 0 Å². The van der Waals surface area contributed by atoms with Gasteiger partial charge in [-0.25, -0.2) is 4.39 Å². The Hall–Kier alpha value is -1.04. The van der Waals surface area contributed by atoms with Crippen molar-refractivity contribution >= 4 is 23.1 Å². The topological polar surface area (TPSA) is 29.0 Å². The molecule has 1 aliphatic rings. The lowest BCUT2D eigenvalue weighted by molar-refractivity contribution is 0.239. The Morgan fingerprint density at radius 1 is 1.32 bits per heavy atom. The zero-order valence-electron chi connectivity index (χ0n) is 10.2. The number of nitrogens with zero attached hydrogens (tertiary/aromatic N) is 3. The lowest BCUT2D eigenvalue weighted by Gasteiger charge is -2.21. The van der Waals surface area contributed by atoms with Crippen molar-refractivity contribution in [3.05, 3.63) is 45.7 Å². The molecule has 1 heterocycles. The summed E-state index contributed by atoms with van der Waals surface area (Å²) in [6, 6.07) is 7.41. The number of rotatable bonds is 5. The summed E-state index contributed by atoms with van der Waals surface area (Å²) in [6.07, 6.45) is 2.31. The van der Waals surface area contributed by atoms with Crippen molar-refractivity contribution in [2.45, 2.75) is 32.0 Å². The van der Waals surface area contributed by atoms with E-state index in [2.05, 4.69) is 14.5 Å². The molecule has 0 radical (unpaired) electrons. The highest BCUT2D eigenvalue weighted by Crippen LogP contribution is 2.31. The molecule has 0 saturated heterocycles. The van der Waals surface area contributed by atoms with Gasteiger partial charge < -0.3 is 0 Å². The summed E-state index contributed by atoms with van der Waals surface area (Å²) in [5.74, 6) is -0.157. The van der Waals surface area contributed by atoms with E-state index in [9.17, 15) is 4.39 Å². The molecule has 3 rings (SSSR count). The Kier molecular flexibility index (Phi) is 3.77. The van der Waals surface area contributed by atoms with Crippen LogP contribution in [0.25, 0.3) is 0 Å². The van der Waals surface area contributed by atoms with Gasteiger partial charge in [-0.2, -0.15) is 0 Å². The van der Waals surface area contributed by atoms with Gasteiger partial charge in [0.05, 0.1) is 0 Å². The van der Waals surface area contributed by atoms with Crippen molar-refractivity contribution in [3.63, 3.8) is 0 Å². The van der Waals surface area contributed by atoms with E-state index >= 15 is 0 Å². The van der Waals surface area contributed by atoms with Gasteiger partial charge in [-0.3, -0.25) is 4.90 Å². The fourth-order valence-corrected chi connectivity index (χ4v) is 2.69. The average Bonchev–Trinajstić information content (AvgIpc) is 3.17. The van der Waals surface area contributed by atoms with Crippen LogP contribution >= 0.6 is 23.1 Å². The molecule has 1 saturated carbocycles. The maximum absolute atomic E-state index is 13.7. The Morgan fingerprint density at radius 3 is 2.74 bits per heavy atom. The maximum Gasteiger partial charge on any atom is 0.138 e. The minimum Gasteiger partial charge on any atom is -0.290 e. The van der Waals surface area contributed by atoms with Crippen LogP contribution in [0.4, 0.5) is 4.39 Å². The Morgan fingerprint density at radius 2 is 2.11 bits per heavy atom. The maximum atomic E-state index is 13.7. The van der Waals surface area contributed by atoms with Crippen LogP contribution in [0.2, 0.25) is 4.34 Å². The summed E-state index contributed by atoms with van der Waals surface area (Å²) >= 11 is 7.23. The van der Waals surface area contributed by atoms with Crippen LogP contribution in [0.1, 0.15) is 24.1 Å². The van der Waals surface area contributed by atoms with E-state index in [1.165, 1.54) is 17.6 Å². The molecular weight excluding hydrogens is 285 g/mol. The third-order valence-corrected chi connectivity index (χ3v) is 4.24. The van der Waals surface area contributed by atoms with Gasteiger partial charge in [0.25, 0.3) is 0 Å². The highest BCUT2D eigenvalue weighted by atomic mass is 35.5. The molecule has 2 aromatic rings. The van der Waals surface area contributed by atoms with Crippen LogP contribution in [0.5, 0.6) is 0 Å². The minimum absolute atomic E-state index is 0.157. The molecule has 0 spiro atoms. The molecule has 1 fully saturated rings. The van der Waals surface area contributed by atoms with Crippen LogP contribution < -0.4 is 0 Å². The number of hydrogen-bond donors (Lipinski definition) is 0. The second-order valence-electron chi connectivity index (χ2n) is 4.72. The summed E-state index contributed by atoms with van der Waals surface area (Å²) in [5.41, 5.74) is 1.50. The molecule has 6 heteroatoms. The highest BCUT2D eigenvalue weighted by molar-refractivity contribution is 7.10. The first-order valence-corrected chi connectivity index (χ1v) is 7.33. The Balaban J connectivity index is 1.75. The second kappa shape index (κ2) is 5.53. The normalized spacial score (nSPS) is 15.1. The van der Waals surface area contributed by atoms with Crippen molar-refractivity contribution in [2.24, 2.45) is 0 Å². The predicted molar refractivity (Wildman–Crippen MR) is 73.6 cm³/mol. The standard InChI is InChI=1S/C13H13ClFN3S/c14-13-12(16-17-19-13)8-18(10-5-6-10)7-9-3-1-2-4-11(9)15/h1-4,10H,5-8H2. The van der Waals surface area contributed by atoms with Gasteiger partial charge in [-0.15, -0.1) is 5.10 Å². The van der Waals surface area contributed by atoms with Gasteiger partial charge in [0.2, 0.25) is 0 Å². The van der Waals surface area contributed by atoms with Crippen LogP contribution in [-0.4, -0.2) is 20.5 Å². The van der Waals surface area contributed by atoms with E-state index in [4.69, 9.17) is 11.6 Å². The van der Waals surface area contributed by atoms with Crippen LogP contribution in [-0.2, 0) is 13.1 Å². The first kappa shape index (κ1) is 13.0. The van der Waals surface area contributed by atoms with Gasteiger partial charge in [0.1, 0.15) is 15.8 Å². The van der Waals surface area contributed by atoms with E-state index in [1.54, 1.807) is 6.07 Å². The molecule has 0 unspecified atom stereocenters. The molecule has 3 nitrogen and oxygen atoms in total. The van der Waals surface area contributed by atoms with E-state index in [0.29, 0.717) is 29.0 Å². The van der Waals surface area contributed by atoms with Crippen LogP contribution in [0.3, 0.4) is 0 Å². The van der Waals surface area contributed by atoms with Gasteiger partial charge in [0, 0.05) is 36.2 Å². The molecule has 1 aromatic carbocycles. The highest BCUT2D eigenvalue weighted by Gasteiger charge is 2.30. The Bertz CT molecular complexity index is 571. The molecule has 0 aliphatic heterocycles. The zero-order chi connectivity index (χ0) is 13.2. The molecule has 1 aromatic heterocycles. The van der Waals surface area contributed by atoms with Crippen LogP contribution in [0, 0.1) is 5.82 Å². The zero-order valence-corrected chi connectivity index (χ0v) is 11.8. The SMILES string of the molecule is Fc1ccccc1CN(Cc1nnsc1Cl)C1CC1. The smallest absolute Gasteiger partial charge is 0.138 e. The number of halogens is 2. The third-order valence-electron chi connectivity index (χ3n) is 3.26. The number of hydrogen-bond acceptors (Lipinski definition) is 4. The van der Waals surface area contributed by atoms with Crippen LogP contribution in [0.15, 0.2) is 24.3 Å². The van der Waals surface area contributed by atoms with Crippen molar-refractivity contribution in [2.75, 3.05) is 0 Å². The van der Waals surface area contributed by atoms with E-state index < -0.39 is 0 Å². The number of benzene rings is 1. The molecule has 19 heavy (non-hydrogen) atoms. The molecular formula is C13H13ClFN3S. The molecule has 0 bridgehead atoms. The average molecular weight is 298 g/mol. The van der Waals surface area contributed by atoms with Crippen molar-refractivity contribution in [1.29, 1.82) is 0 Å². The van der Waals surface area contributed by atoms with Crippen molar-refractivity contribution in [1.82, 2.24) is 14.5 Å². The molecule has 0 amide bonds. The summed E-state index contributed by atoms with van der Waals surface area (Å²) in [4.78, 5) is 2.22. The molecule has 0 N–H and O–H groups in total. The fraction of sp³-hybridized carbons (Fsp3) is 0.385. The first-order chi connectivity index (χ1) is 9.24. The molecule has 100 valence electrons. The van der Waals surface area contributed by atoms with E-state index in [0.717, 1.165) is 18.5 Å². The van der Waals surface area contributed by atoms with Crippen molar-refractivity contribution < 1.29 is 4.39 Å². The quantitative estimate of drug-likeness (QED) is 0.846. The van der Waals surface area contributed by atoms with Crippen molar-refractivity contribution in [3.8, 4) is 0 Å². The lowest BCUT2D eigenvalue weighted by Crippen LogP contribution is -2.25. The van der Waals surface area contributed by atoms with E-state index in [-0.39, 0.29) is 5.82 Å². The summed E-state index contributed by atoms with van der Waals surface area (Å²) in [5, 5.41) is 4.03. The Labute approximate surface area is 120 Å². The largest absolute Gasteiger partial charge is 0.290 e. The molecule has 0 atom stereocenters. The number of aromatic nitrogens is 2. The van der Waals surface area contributed by atoms with Gasteiger partial charge >= 0.3 is 0 Å². The second-order valence-corrected chi connectivity index (χ2v) is 6.08. The fourth-order valence-electron chi connectivity index (χ4n) is 2.08. The lowest BCUT2D eigenvalue weighted by atomic mass is 10.2. The summed E-state index contributed by atoms with van der Waals surface area (Å²) < 4.78 is 18.2. The van der Waals surface area contributed by atoms with Gasteiger partial charge in [-0.1, -0.05) is 34.3 Å². The summed E-state index contributed by atoms with van der Waals surface area (Å²) in [7, 11) is 0. The minimum atomic E-state index is -0.157. The third kappa shape index (κ3) is 3.11. The predicted octanol–water partition coefficient (Wildman–Crippen LogP) is 3.50. The van der Waals surface area contributed by atoms with E-state index in [1.807, 2.05) is 12.1 Å². The molecule has 1 aliphatic carbocycles.